The molecule has 0 fully saturated rings. The largest absolute Gasteiger partial charge is 0.497 e. The van der Waals surface area contributed by atoms with Gasteiger partial charge in [-0.2, -0.15) is 0 Å². The van der Waals surface area contributed by atoms with Gasteiger partial charge in [-0.05, 0) is 60.7 Å². The van der Waals surface area contributed by atoms with Crippen molar-refractivity contribution < 1.29 is 23.9 Å². The molecule has 7 nitrogen and oxygen atoms in total. The molecular weight excluding hydrogens is 512 g/mol. The maximum Gasteiger partial charge on any atom is 0.343 e. The summed E-state index contributed by atoms with van der Waals surface area (Å²) in [6.45, 7) is 0. The molecule has 0 spiro atoms. The fourth-order valence-electron chi connectivity index (χ4n) is 3.10. The Morgan fingerprint density at radius 3 is 2.27 bits per heavy atom. The summed E-state index contributed by atoms with van der Waals surface area (Å²) < 4.78 is 11.3. The highest BCUT2D eigenvalue weighted by atomic mass is 79.9. The molecule has 3 aromatic rings. The van der Waals surface area contributed by atoms with Gasteiger partial charge in [0.05, 0.1) is 18.4 Å². The molecule has 4 rings (SSSR count). The number of ether oxygens (including phenoxy) is 2. The van der Waals surface area contributed by atoms with Gasteiger partial charge in [0, 0.05) is 16.2 Å². The van der Waals surface area contributed by atoms with Gasteiger partial charge in [-0.3, -0.25) is 9.59 Å². The molecule has 2 amide bonds. The van der Waals surface area contributed by atoms with E-state index in [9.17, 15) is 14.4 Å². The minimum absolute atomic E-state index is 0.0451. The molecule has 0 radical (unpaired) electrons. The van der Waals surface area contributed by atoms with Gasteiger partial charge in [0.15, 0.2) is 0 Å². The third kappa shape index (κ3) is 4.76. The predicted octanol–water partition coefficient (Wildman–Crippen LogP) is 5.11. The van der Waals surface area contributed by atoms with Crippen molar-refractivity contribution in [2.24, 2.45) is 0 Å². The van der Waals surface area contributed by atoms with E-state index in [1.165, 1.54) is 19.2 Å². The van der Waals surface area contributed by atoms with Crippen LogP contribution in [0.15, 0.2) is 88.0 Å². The summed E-state index contributed by atoms with van der Waals surface area (Å²) in [5.41, 5.74) is 1.13. The van der Waals surface area contributed by atoms with Crippen molar-refractivity contribution in [3.05, 3.63) is 93.6 Å². The molecule has 1 aliphatic rings. The standard InChI is InChI=1S/C24H16BrClN2O5/c1-32-18-3-2-4-19(13-18)33-24(31)14-5-9-16(10-6-14)27-21-20(26)22(29)28(23(21)30)17-11-7-15(25)8-12-17/h2-13,27H,1H3. The van der Waals surface area contributed by atoms with Crippen LogP contribution in [0, 0.1) is 0 Å². The highest BCUT2D eigenvalue weighted by Gasteiger charge is 2.38. The normalized spacial score (nSPS) is 13.4. The summed E-state index contributed by atoms with van der Waals surface area (Å²) in [4.78, 5) is 38.8. The Balaban J connectivity index is 1.47. The van der Waals surface area contributed by atoms with E-state index in [0.29, 0.717) is 28.4 Å². The molecule has 33 heavy (non-hydrogen) atoms. The topological polar surface area (TPSA) is 84.9 Å². The molecule has 0 atom stereocenters. The van der Waals surface area contributed by atoms with E-state index < -0.39 is 17.8 Å². The van der Waals surface area contributed by atoms with E-state index in [2.05, 4.69) is 21.2 Å². The predicted molar refractivity (Wildman–Crippen MR) is 128 cm³/mol. The monoisotopic (exact) mass is 526 g/mol. The Kier molecular flexibility index (Phi) is 6.48. The zero-order chi connectivity index (χ0) is 23.5. The molecule has 166 valence electrons. The number of hydrogen-bond acceptors (Lipinski definition) is 6. The van der Waals surface area contributed by atoms with Crippen LogP contribution >= 0.6 is 27.5 Å². The van der Waals surface area contributed by atoms with Crippen LogP contribution in [0.2, 0.25) is 0 Å². The fraction of sp³-hybridized carbons (Fsp3) is 0.0417. The second kappa shape index (κ2) is 9.48. The van der Waals surface area contributed by atoms with Crippen LogP contribution in [0.4, 0.5) is 11.4 Å². The van der Waals surface area contributed by atoms with Crippen molar-refractivity contribution in [2.45, 2.75) is 0 Å². The van der Waals surface area contributed by atoms with Crippen molar-refractivity contribution in [2.75, 3.05) is 17.3 Å². The number of carbonyl (C=O) groups is 3. The second-order valence-electron chi connectivity index (χ2n) is 6.88. The average molecular weight is 528 g/mol. The number of hydrogen-bond donors (Lipinski definition) is 1. The van der Waals surface area contributed by atoms with Gasteiger partial charge in [-0.1, -0.05) is 33.6 Å². The number of rotatable bonds is 6. The third-order valence-electron chi connectivity index (χ3n) is 4.75. The summed E-state index contributed by atoms with van der Waals surface area (Å²) in [6, 6.07) is 19.6. The number of benzene rings is 3. The highest BCUT2D eigenvalue weighted by molar-refractivity contribution is 9.10. The SMILES string of the molecule is COc1cccc(OC(=O)c2ccc(NC3=C(Cl)C(=O)N(c4ccc(Br)cc4)C3=O)cc2)c1. The van der Waals surface area contributed by atoms with Gasteiger partial charge in [-0.15, -0.1) is 0 Å². The molecule has 0 unspecified atom stereocenters. The first-order valence-electron chi connectivity index (χ1n) is 9.65. The van der Waals surface area contributed by atoms with Gasteiger partial charge in [0.25, 0.3) is 11.8 Å². The lowest BCUT2D eigenvalue weighted by molar-refractivity contribution is -0.120. The molecule has 9 heteroatoms. The van der Waals surface area contributed by atoms with E-state index in [0.717, 1.165) is 9.37 Å². The minimum atomic E-state index is -0.620. The van der Waals surface area contributed by atoms with Crippen molar-refractivity contribution in [1.29, 1.82) is 0 Å². The summed E-state index contributed by atoms with van der Waals surface area (Å²) in [5.74, 6) is -0.834. The molecule has 1 aliphatic heterocycles. The Bertz CT molecular complexity index is 1270. The third-order valence-corrected chi connectivity index (χ3v) is 5.63. The van der Waals surface area contributed by atoms with Crippen LogP contribution in [-0.4, -0.2) is 24.9 Å². The zero-order valence-corrected chi connectivity index (χ0v) is 19.5. The summed E-state index contributed by atoms with van der Waals surface area (Å²) in [7, 11) is 1.52. The van der Waals surface area contributed by atoms with Crippen LogP contribution in [0.1, 0.15) is 10.4 Å². The number of nitrogens with zero attached hydrogens (tertiary/aromatic N) is 1. The van der Waals surface area contributed by atoms with E-state index in [1.54, 1.807) is 60.7 Å². The summed E-state index contributed by atoms with van der Waals surface area (Å²) >= 11 is 9.47. The summed E-state index contributed by atoms with van der Waals surface area (Å²) in [6.07, 6.45) is 0. The second-order valence-corrected chi connectivity index (χ2v) is 8.18. The van der Waals surface area contributed by atoms with Gasteiger partial charge >= 0.3 is 5.97 Å². The van der Waals surface area contributed by atoms with Crippen LogP contribution < -0.4 is 19.7 Å². The average Bonchev–Trinajstić information content (AvgIpc) is 3.03. The lowest BCUT2D eigenvalue weighted by Crippen LogP contribution is -2.32. The smallest absolute Gasteiger partial charge is 0.343 e. The molecule has 0 saturated carbocycles. The lowest BCUT2D eigenvalue weighted by atomic mass is 10.2. The maximum atomic E-state index is 12.9. The molecule has 1 N–H and O–H groups in total. The zero-order valence-electron chi connectivity index (χ0n) is 17.2. The Hall–Kier alpha value is -3.62. The van der Waals surface area contributed by atoms with E-state index in [-0.39, 0.29) is 10.7 Å². The van der Waals surface area contributed by atoms with Crippen molar-refractivity contribution in [1.82, 2.24) is 0 Å². The molecular formula is C24H16BrClN2O5. The quantitative estimate of drug-likeness (QED) is 0.272. The maximum absolute atomic E-state index is 12.9. The fourth-order valence-corrected chi connectivity index (χ4v) is 3.58. The first-order chi connectivity index (χ1) is 15.9. The van der Waals surface area contributed by atoms with Gasteiger partial charge < -0.3 is 14.8 Å². The number of methoxy groups -OCH3 is 1. The molecule has 0 bridgehead atoms. The van der Waals surface area contributed by atoms with Crippen LogP contribution in [0.5, 0.6) is 11.5 Å². The van der Waals surface area contributed by atoms with Crippen LogP contribution in [-0.2, 0) is 9.59 Å². The van der Waals surface area contributed by atoms with Gasteiger partial charge in [0.1, 0.15) is 22.2 Å². The van der Waals surface area contributed by atoms with Crippen molar-refractivity contribution in [3.63, 3.8) is 0 Å². The molecule has 1 heterocycles. The number of anilines is 2. The van der Waals surface area contributed by atoms with Crippen LogP contribution in [0.3, 0.4) is 0 Å². The lowest BCUT2D eigenvalue weighted by Gasteiger charge is -2.15. The number of nitrogens with one attached hydrogen (secondary N) is 1. The number of carbonyl (C=O) groups excluding carboxylic acids is 3. The number of halogens is 2. The van der Waals surface area contributed by atoms with Crippen molar-refractivity contribution >= 4 is 56.7 Å². The van der Waals surface area contributed by atoms with Crippen LogP contribution in [0.25, 0.3) is 0 Å². The first kappa shape index (κ1) is 22.6. The Morgan fingerprint density at radius 2 is 1.61 bits per heavy atom. The summed E-state index contributed by atoms with van der Waals surface area (Å²) in [5, 5.41) is 2.65. The number of esters is 1. The molecule has 3 aromatic carbocycles. The highest BCUT2D eigenvalue weighted by Crippen LogP contribution is 2.31. The Labute approximate surface area is 202 Å². The van der Waals surface area contributed by atoms with Gasteiger partial charge in [0.2, 0.25) is 0 Å². The first-order valence-corrected chi connectivity index (χ1v) is 10.8. The van der Waals surface area contributed by atoms with Gasteiger partial charge in [-0.25, -0.2) is 9.69 Å². The van der Waals surface area contributed by atoms with E-state index in [1.807, 2.05) is 0 Å². The Morgan fingerprint density at radius 1 is 0.939 bits per heavy atom. The number of imide groups is 1. The molecule has 0 aromatic heterocycles. The number of amides is 2. The molecule has 0 aliphatic carbocycles. The van der Waals surface area contributed by atoms with E-state index >= 15 is 0 Å². The van der Waals surface area contributed by atoms with E-state index in [4.69, 9.17) is 21.1 Å². The van der Waals surface area contributed by atoms with Crippen molar-refractivity contribution in [3.8, 4) is 11.5 Å². The minimum Gasteiger partial charge on any atom is -0.497 e. The molecule has 0 saturated heterocycles.